The van der Waals surface area contributed by atoms with E-state index in [0.717, 1.165) is 71.6 Å². The Morgan fingerprint density at radius 1 is 1.10 bits per heavy atom. The van der Waals surface area contributed by atoms with Crippen LogP contribution in [0, 0.1) is 5.82 Å². The van der Waals surface area contributed by atoms with Gasteiger partial charge in [0, 0.05) is 69.6 Å². The molecule has 260 valence electrons. The number of aryl methyl sites for hydroxylation is 2. The minimum atomic E-state index is -0.382. The number of likely N-dealkylation sites (tertiary alicyclic amines) is 1. The van der Waals surface area contributed by atoms with Crippen LogP contribution in [-0.4, -0.2) is 75.0 Å². The average Bonchev–Trinajstić information content (AvgIpc) is 3.97. The Morgan fingerprint density at radius 3 is 2.76 bits per heavy atom. The molecular formula is C38H43FN8O3. The average molecular weight is 679 g/mol. The fourth-order valence-corrected chi connectivity index (χ4v) is 7.63. The number of nitrogens with zero attached hydrogens (tertiary/aromatic N) is 5. The third kappa shape index (κ3) is 6.38. The number of benzene rings is 2. The van der Waals surface area contributed by atoms with Crippen molar-refractivity contribution in [1.82, 2.24) is 35.3 Å². The van der Waals surface area contributed by atoms with Gasteiger partial charge in [-0.1, -0.05) is 31.2 Å². The molecule has 3 aliphatic heterocycles. The fourth-order valence-electron chi connectivity index (χ4n) is 7.63. The SMILES string of the molecule is CCc1nc2c(cnn2CC)c(NC2CCOCC2)c1-c1nc(C(=O)NCc2ccc(F)c(-c3cccc(CN4C[C@@H]5C[C@H]4CN5)c3)c2)co1. The zero-order chi connectivity index (χ0) is 34.2. The van der Waals surface area contributed by atoms with E-state index in [4.69, 9.17) is 14.1 Å². The highest BCUT2D eigenvalue weighted by Crippen LogP contribution is 2.38. The van der Waals surface area contributed by atoms with Gasteiger partial charge in [0.1, 0.15) is 12.1 Å². The van der Waals surface area contributed by atoms with E-state index in [1.54, 1.807) is 6.07 Å². The summed E-state index contributed by atoms with van der Waals surface area (Å²) < 4.78 is 28.6. The molecule has 2 atom stereocenters. The molecule has 1 amide bonds. The van der Waals surface area contributed by atoms with E-state index in [1.807, 2.05) is 42.9 Å². The van der Waals surface area contributed by atoms with E-state index >= 15 is 4.39 Å². The summed E-state index contributed by atoms with van der Waals surface area (Å²) >= 11 is 0. The Morgan fingerprint density at radius 2 is 1.98 bits per heavy atom. The molecule has 0 spiro atoms. The molecule has 0 aliphatic carbocycles. The van der Waals surface area contributed by atoms with Gasteiger partial charge in [0.15, 0.2) is 11.3 Å². The number of aromatic nitrogens is 4. The molecule has 12 heteroatoms. The van der Waals surface area contributed by atoms with E-state index in [2.05, 4.69) is 43.1 Å². The minimum absolute atomic E-state index is 0.157. The van der Waals surface area contributed by atoms with Gasteiger partial charge in [-0.3, -0.25) is 9.69 Å². The maximum Gasteiger partial charge on any atom is 0.273 e. The van der Waals surface area contributed by atoms with Crippen molar-refractivity contribution in [3.8, 4) is 22.6 Å². The molecule has 3 aromatic heterocycles. The minimum Gasteiger partial charge on any atom is -0.443 e. The number of piperazine rings is 1. The number of oxazole rings is 1. The number of halogens is 1. The van der Waals surface area contributed by atoms with E-state index in [-0.39, 0.29) is 30.0 Å². The van der Waals surface area contributed by atoms with E-state index in [0.29, 0.717) is 49.7 Å². The molecule has 5 aromatic rings. The van der Waals surface area contributed by atoms with Crippen LogP contribution in [0.15, 0.2) is 59.3 Å². The Hall–Kier alpha value is -4.65. The van der Waals surface area contributed by atoms with Crippen LogP contribution in [0.25, 0.3) is 33.6 Å². The van der Waals surface area contributed by atoms with Gasteiger partial charge in [-0.25, -0.2) is 19.0 Å². The van der Waals surface area contributed by atoms with Crippen molar-refractivity contribution in [3.05, 3.63) is 83.3 Å². The molecule has 2 aromatic carbocycles. The predicted molar refractivity (Wildman–Crippen MR) is 189 cm³/mol. The number of ether oxygens (including phenoxy) is 1. The van der Waals surface area contributed by atoms with E-state index in [9.17, 15) is 4.79 Å². The van der Waals surface area contributed by atoms with Gasteiger partial charge < -0.3 is 25.1 Å². The Labute approximate surface area is 290 Å². The lowest BCUT2D eigenvalue weighted by Crippen LogP contribution is -2.42. The van der Waals surface area contributed by atoms with Crippen molar-refractivity contribution >= 4 is 22.6 Å². The van der Waals surface area contributed by atoms with Crippen molar-refractivity contribution in [2.45, 2.75) is 77.3 Å². The number of hydrogen-bond acceptors (Lipinski definition) is 9. The lowest BCUT2D eigenvalue weighted by Gasteiger charge is -2.27. The second-order valence-electron chi connectivity index (χ2n) is 13.5. The molecule has 3 aliphatic rings. The number of nitrogens with one attached hydrogen (secondary N) is 3. The molecule has 11 nitrogen and oxygen atoms in total. The van der Waals surface area contributed by atoms with Crippen LogP contribution < -0.4 is 16.0 Å². The van der Waals surface area contributed by atoms with Crippen molar-refractivity contribution in [2.75, 3.05) is 31.6 Å². The summed E-state index contributed by atoms with van der Waals surface area (Å²) in [5.41, 5.74) is 6.65. The first-order chi connectivity index (χ1) is 24.5. The number of fused-ring (bicyclic) bond motifs is 3. The van der Waals surface area contributed by atoms with Crippen molar-refractivity contribution in [2.24, 2.45) is 0 Å². The molecule has 3 saturated heterocycles. The summed E-state index contributed by atoms with van der Waals surface area (Å²) in [6.07, 6.45) is 6.80. The van der Waals surface area contributed by atoms with Gasteiger partial charge in [-0.05, 0) is 67.5 Å². The number of pyridine rings is 1. The van der Waals surface area contributed by atoms with Crippen LogP contribution in [-0.2, 0) is 30.8 Å². The predicted octanol–water partition coefficient (Wildman–Crippen LogP) is 5.54. The maximum atomic E-state index is 15.2. The summed E-state index contributed by atoms with van der Waals surface area (Å²) in [4.78, 5) is 25.5. The molecule has 2 bridgehead atoms. The lowest BCUT2D eigenvalue weighted by atomic mass is 10.00. The summed E-state index contributed by atoms with van der Waals surface area (Å²) in [5, 5.41) is 15.7. The summed E-state index contributed by atoms with van der Waals surface area (Å²) in [6.45, 7) is 9.31. The summed E-state index contributed by atoms with van der Waals surface area (Å²) in [5.74, 6) is -0.357. The molecule has 50 heavy (non-hydrogen) atoms. The Kier molecular flexibility index (Phi) is 9.07. The smallest absolute Gasteiger partial charge is 0.273 e. The molecule has 6 heterocycles. The number of carbonyl (C=O) groups excluding carboxylic acids is 1. The number of anilines is 1. The van der Waals surface area contributed by atoms with E-state index in [1.165, 1.54) is 24.3 Å². The van der Waals surface area contributed by atoms with Crippen LogP contribution in [0.1, 0.15) is 60.4 Å². The largest absolute Gasteiger partial charge is 0.443 e. The number of amides is 1. The van der Waals surface area contributed by atoms with Gasteiger partial charge in [-0.2, -0.15) is 5.10 Å². The number of carbonyl (C=O) groups is 1. The molecule has 8 rings (SSSR count). The highest BCUT2D eigenvalue weighted by atomic mass is 19.1. The number of hydrogen-bond donors (Lipinski definition) is 3. The molecular weight excluding hydrogens is 635 g/mol. The van der Waals surface area contributed by atoms with Crippen molar-refractivity contribution < 1.29 is 18.3 Å². The van der Waals surface area contributed by atoms with Gasteiger partial charge in [0.05, 0.1) is 28.5 Å². The first kappa shape index (κ1) is 32.5. The van der Waals surface area contributed by atoms with Crippen LogP contribution >= 0.6 is 0 Å². The topological polar surface area (TPSA) is 122 Å². The van der Waals surface area contributed by atoms with Gasteiger partial charge in [0.25, 0.3) is 5.91 Å². The third-order valence-electron chi connectivity index (χ3n) is 10.3. The van der Waals surface area contributed by atoms with Crippen molar-refractivity contribution in [1.29, 1.82) is 0 Å². The molecule has 0 radical (unpaired) electrons. The van der Waals surface area contributed by atoms with Crippen LogP contribution in [0.5, 0.6) is 0 Å². The Bertz CT molecular complexity index is 2020. The van der Waals surface area contributed by atoms with Crippen LogP contribution in [0.3, 0.4) is 0 Å². The highest BCUT2D eigenvalue weighted by Gasteiger charge is 2.37. The normalized spacial score (nSPS) is 19.4. The standard InChI is InChI=1S/C38H43FN8O3/c1-3-32-34(35(43-26-10-12-49-13-11-26)30-19-42-47(4-2)36(30)44-32)38-45-33(22-50-38)37(48)41-17-23-8-9-31(39)29(15-23)25-7-5-6-24(14-25)20-46-21-27-16-28(46)18-40-27/h5-9,14-15,19,22,26-28,40H,3-4,10-13,16-18,20-21H2,1-2H3,(H,41,48)(H,43,44)/t27-,28-/m0/s1. The zero-order valence-corrected chi connectivity index (χ0v) is 28.5. The first-order valence-corrected chi connectivity index (χ1v) is 17.8. The second-order valence-corrected chi connectivity index (χ2v) is 13.5. The summed E-state index contributed by atoms with van der Waals surface area (Å²) in [6, 6.07) is 14.5. The lowest BCUT2D eigenvalue weighted by molar-refractivity contribution is 0.0904. The molecule has 3 fully saturated rings. The summed E-state index contributed by atoms with van der Waals surface area (Å²) in [7, 11) is 0. The molecule has 0 saturated carbocycles. The monoisotopic (exact) mass is 678 g/mol. The second kappa shape index (κ2) is 13.9. The molecule has 0 unspecified atom stereocenters. The van der Waals surface area contributed by atoms with Gasteiger partial charge in [-0.15, -0.1) is 0 Å². The highest BCUT2D eigenvalue weighted by molar-refractivity contribution is 5.99. The van der Waals surface area contributed by atoms with Crippen LogP contribution in [0.2, 0.25) is 0 Å². The Balaban J connectivity index is 1.00. The van der Waals surface area contributed by atoms with Crippen LogP contribution in [0.4, 0.5) is 10.1 Å². The quantitative estimate of drug-likeness (QED) is 0.165. The zero-order valence-electron chi connectivity index (χ0n) is 28.5. The fraction of sp³-hybridized carbons (Fsp3) is 0.421. The number of rotatable bonds is 11. The third-order valence-corrected chi connectivity index (χ3v) is 10.3. The maximum absolute atomic E-state index is 15.2. The van der Waals surface area contributed by atoms with E-state index < -0.39 is 0 Å². The van der Waals surface area contributed by atoms with Gasteiger partial charge in [0.2, 0.25) is 5.89 Å². The van der Waals surface area contributed by atoms with Gasteiger partial charge >= 0.3 is 0 Å². The first-order valence-electron chi connectivity index (χ1n) is 17.8. The molecule has 3 N–H and O–H groups in total. The van der Waals surface area contributed by atoms with Crippen molar-refractivity contribution in [3.63, 3.8) is 0 Å².